The van der Waals surface area contributed by atoms with Gasteiger partial charge in [0.2, 0.25) is 0 Å². The topological polar surface area (TPSA) is 221 Å². The van der Waals surface area contributed by atoms with Crippen molar-refractivity contribution in [1.82, 2.24) is 0 Å². The monoisotopic (exact) mass is 936 g/mol. The minimum Gasteiger partial charge on any atom is -0.463 e. The van der Waals surface area contributed by atoms with Gasteiger partial charge in [-0.25, -0.2) is 33.6 Å². The van der Waals surface area contributed by atoms with Crippen LogP contribution in [0.25, 0.3) is 0 Å². The predicted molar refractivity (Wildman–Crippen MR) is 236 cm³/mol. The Kier molecular flexibility index (Phi) is 18.4. The molecule has 0 saturated carbocycles. The summed E-state index contributed by atoms with van der Waals surface area (Å²) < 4.78 is 58.7. The molecule has 6 rings (SSSR count). The molecule has 0 N–H and O–H groups in total. The van der Waals surface area contributed by atoms with Crippen molar-refractivity contribution < 1.29 is 85.7 Å². The normalized spacial score (nSPS) is 16.8. The highest BCUT2D eigenvalue weighted by molar-refractivity contribution is 5.92. The van der Waals surface area contributed by atoms with E-state index in [9.17, 15) is 33.6 Å². The average Bonchev–Trinajstić information content (AvgIpc) is 3.94. The lowest BCUT2D eigenvalue weighted by Gasteiger charge is -2.17. The van der Waals surface area contributed by atoms with Gasteiger partial charge < -0.3 is 52.1 Å². The molecule has 0 aliphatic carbocycles. The SMILES string of the molecule is C=CC(=O)OCCCCOC(=O)Oc1ccc(Cc2ccc(C(=O)O[C@H]3COC4C3OC[C@H]4OC(=O)c3ccc(OC(=O)c4ccc(OC(=O)OCCCCOC(=O)C=C)cc4)cc3)cc2)cc1. The molecule has 4 aromatic carbocycles. The third-order valence-corrected chi connectivity index (χ3v) is 10.1. The molecule has 68 heavy (non-hydrogen) atoms. The number of rotatable bonds is 22. The fraction of sp³-hybridized carbons (Fsp3) is 0.300. The third kappa shape index (κ3) is 15.1. The summed E-state index contributed by atoms with van der Waals surface area (Å²) in [5, 5.41) is 0. The van der Waals surface area contributed by atoms with Crippen molar-refractivity contribution in [3.8, 4) is 17.2 Å². The first kappa shape index (κ1) is 49.6. The Labute approximate surface area is 390 Å². The molecule has 2 saturated heterocycles. The molecule has 2 aliphatic rings. The summed E-state index contributed by atoms with van der Waals surface area (Å²) in [6.45, 7) is 7.23. The molecule has 18 heteroatoms. The minimum atomic E-state index is -0.935. The van der Waals surface area contributed by atoms with E-state index in [4.69, 9.17) is 52.1 Å². The lowest BCUT2D eigenvalue weighted by Crippen LogP contribution is -2.36. The van der Waals surface area contributed by atoms with Gasteiger partial charge in [0.05, 0.1) is 56.3 Å². The lowest BCUT2D eigenvalue weighted by molar-refractivity contribution is -0.138. The molecule has 2 heterocycles. The maximum atomic E-state index is 13.1. The highest BCUT2D eigenvalue weighted by Gasteiger charge is 2.51. The van der Waals surface area contributed by atoms with E-state index in [1.165, 1.54) is 48.5 Å². The van der Waals surface area contributed by atoms with E-state index in [0.29, 0.717) is 43.4 Å². The zero-order valence-electron chi connectivity index (χ0n) is 36.7. The van der Waals surface area contributed by atoms with Crippen LogP contribution in [-0.4, -0.2) is 106 Å². The van der Waals surface area contributed by atoms with Crippen molar-refractivity contribution in [2.75, 3.05) is 39.6 Å². The molecule has 0 aromatic heterocycles. The van der Waals surface area contributed by atoms with Crippen LogP contribution in [0.1, 0.15) is 67.9 Å². The summed E-state index contributed by atoms with van der Waals surface area (Å²) in [5.74, 6) is -2.35. The molecular formula is C50H48O18. The standard InChI is InChI=1S/C50H48O18/c1-3-42(51)58-25-5-7-27-60-49(56)65-38-19-11-33(12-20-38)29-32-9-13-34(14-10-32)47(54)67-40-30-62-45-41(31-63-44(40)45)68-48(55)36-15-21-37(22-16-36)64-46(53)35-17-23-39(24-18-35)66-50(57)61-28-8-6-26-59-43(52)4-2/h3-4,9-24,40-41,44-45H,1-2,5-8,25-31H2/t40-,41+,44?,45?/m0/s1. The zero-order valence-corrected chi connectivity index (χ0v) is 36.7. The Balaban J connectivity index is 0.875. The van der Waals surface area contributed by atoms with Crippen molar-refractivity contribution in [2.45, 2.75) is 56.5 Å². The Morgan fingerprint density at radius 3 is 1.21 bits per heavy atom. The third-order valence-electron chi connectivity index (χ3n) is 10.1. The number of fused-ring (bicyclic) bond motifs is 1. The van der Waals surface area contributed by atoms with Crippen molar-refractivity contribution >= 4 is 42.2 Å². The van der Waals surface area contributed by atoms with Crippen molar-refractivity contribution in [1.29, 1.82) is 0 Å². The van der Waals surface area contributed by atoms with Crippen molar-refractivity contribution in [3.05, 3.63) is 150 Å². The number of hydrogen-bond acceptors (Lipinski definition) is 18. The van der Waals surface area contributed by atoms with Gasteiger partial charge in [-0.2, -0.15) is 0 Å². The highest BCUT2D eigenvalue weighted by atomic mass is 16.7. The average molecular weight is 937 g/mol. The van der Waals surface area contributed by atoms with Gasteiger partial charge in [-0.15, -0.1) is 0 Å². The first-order chi connectivity index (χ1) is 33.0. The Morgan fingerprint density at radius 1 is 0.456 bits per heavy atom. The van der Waals surface area contributed by atoms with Gasteiger partial charge in [0.25, 0.3) is 0 Å². The highest BCUT2D eigenvalue weighted by Crippen LogP contribution is 2.32. The fourth-order valence-corrected chi connectivity index (χ4v) is 6.63. The van der Waals surface area contributed by atoms with Crippen LogP contribution in [0, 0.1) is 0 Å². The molecule has 0 spiro atoms. The maximum Gasteiger partial charge on any atom is 0.513 e. The summed E-state index contributed by atoms with van der Waals surface area (Å²) in [6, 6.07) is 25.2. The molecule has 0 amide bonds. The van der Waals surface area contributed by atoms with Crippen LogP contribution in [0.4, 0.5) is 9.59 Å². The number of benzene rings is 4. The van der Waals surface area contributed by atoms with Gasteiger partial charge in [0, 0.05) is 12.2 Å². The summed E-state index contributed by atoms with van der Waals surface area (Å²) in [5.41, 5.74) is 2.53. The second-order valence-corrected chi connectivity index (χ2v) is 15.0. The van der Waals surface area contributed by atoms with Gasteiger partial charge >= 0.3 is 42.2 Å². The number of hydrogen-bond donors (Lipinski definition) is 0. The van der Waals surface area contributed by atoms with E-state index in [2.05, 4.69) is 13.2 Å². The van der Waals surface area contributed by atoms with Crippen LogP contribution in [0.2, 0.25) is 0 Å². The van der Waals surface area contributed by atoms with E-state index in [1.807, 2.05) is 24.3 Å². The quantitative estimate of drug-likeness (QED) is 0.0192. The van der Waals surface area contributed by atoms with E-state index in [1.54, 1.807) is 24.3 Å². The van der Waals surface area contributed by atoms with Crippen LogP contribution in [0.15, 0.2) is 122 Å². The smallest absolute Gasteiger partial charge is 0.463 e. The van der Waals surface area contributed by atoms with Gasteiger partial charge in [-0.05, 0) is 116 Å². The summed E-state index contributed by atoms with van der Waals surface area (Å²) in [6.07, 6.45) is 0.0404. The van der Waals surface area contributed by atoms with E-state index >= 15 is 0 Å². The van der Waals surface area contributed by atoms with E-state index in [0.717, 1.165) is 23.3 Å². The minimum absolute atomic E-state index is 0.0241. The Morgan fingerprint density at radius 2 is 0.794 bits per heavy atom. The predicted octanol–water partition coefficient (Wildman–Crippen LogP) is 7.09. The molecule has 4 aromatic rings. The van der Waals surface area contributed by atoms with E-state index < -0.39 is 66.6 Å². The Bertz CT molecular complexity index is 2390. The zero-order chi connectivity index (χ0) is 48.3. The summed E-state index contributed by atoms with van der Waals surface area (Å²) in [7, 11) is 0. The molecule has 2 aliphatic heterocycles. The molecule has 0 bridgehead atoms. The van der Waals surface area contributed by atoms with Crippen LogP contribution in [0.3, 0.4) is 0 Å². The molecular weight excluding hydrogens is 889 g/mol. The number of unbranched alkanes of at least 4 members (excludes halogenated alkanes) is 2. The molecule has 4 atom stereocenters. The molecule has 2 fully saturated rings. The van der Waals surface area contributed by atoms with E-state index in [-0.39, 0.29) is 62.3 Å². The van der Waals surface area contributed by atoms with Crippen LogP contribution >= 0.6 is 0 Å². The van der Waals surface area contributed by atoms with Crippen molar-refractivity contribution in [2.24, 2.45) is 0 Å². The van der Waals surface area contributed by atoms with Gasteiger partial charge in [-0.3, -0.25) is 0 Å². The van der Waals surface area contributed by atoms with Gasteiger partial charge in [0.15, 0.2) is 12.2 Å². The van der Waals surface area contributed by atoms with Gasteiger partial charge in [0.1, 0.15) is 29.5 Å². The molecule has 0 radical (unpaired) electrons. The number of carbonyl (C=O) groups excluding carboxylic acids is 7. The number of esters is 5. The maximum absolute atomic E-state index is 13.1. The number of ether oxygens (including phenoxy) is 11. The fourth-order valence-electron chi connectivity index (χ4n) is 6.63. The molecule has 18 nitrogen and oxygen atoms in total. The Hall–Kier alpha value is -7.83. The lowest BCUT2D eigenvalue weighted by atomic mass is 10.0. The van der Waals surface area contributed by atoms with Crippen LogP contribution < -0.4 is 14.2 Å². The van der Waals surface area contributed by atoms with Crippen LogP contribution in [-0.2, 0) is 53.9 Å². The largest absolute Gasteiger partial charge is 0.513 e. The first-order valence-electron chi connectivity index (χ1n) is 21.5. The molecule has 2 unspecified atom stereocenters. The number of carbonyl (C=O) groups is 7. The molecule has 356 valence electrons. The second kappa shape index (κ2) is 25.2. The second-order valence-electron chi connectivity index (χ2n) is 15.0. The summed E-state index contributed by atoms with van der Waals surface area (Å²) in [4.78, 5) is 85.0. The first-order valence-corrected chi connectivity index (χ1v) is 21.5. The van der Waals surface area contributed by atoms with Crippen molar-refractivity contribution in [3.63, 3.8) is 0 Å². The summed E-state index contributed by atoms with van der Waals surface area (Å²) >= 11 is 0. The van der Waals surface area contributed by atoms with Gasteiger partial charge in [-0.1, -0.05) is 37.4 Å². The van der Waals surface area contributed by atoms with Crippen LogP contribution in [0.5, 0.6) is 17.2 Å².